The molecule has 5 nitrogen and oxygen atoms in total. The predicted molar refractivity (Wildman–Crippen MR) is 101 cm³/mol. The number of hydrogen-bond acceptors (Lipinski definition) is 4. The summed E-state index contributed by atoms with van der Waals surface area (Å²) in [4.78, 5) is 11.7. The zero-order valence-corrected chi connectivity index (χ0v) is 16.6. The maximum absolute atomic E-state index is 11.7. The van der Waals surface area contributed by atoms with Gasteiger partial charge in [0.15, 0.2) is 6.61 Å². The minimum atomic E-state index is -0.481. The fourth-order valence-electron chi connectivity index (χ4n) is 1.63. The summed E-state index contributed by atoms with van der Waals surface area (Å²) in [5.74, 6) is -0.125. The van der Waals surface area contributed by atoms with Gasteiger partial charge in [0.2, 0.25) is 0 Å². The van der Waals surface area contributed by atoms with E-state index >= 15 is 0 Å². The van der Waals surface area contributed by atoms with Crippen LogP contribution in [0.3, 0.4) is 0 Å². The highest BCUT2D eigenvalue weighted by molar-refractivity contribution is 9.11. The van der Waals surface area contributed by atoms with Crippen molar-refractivity contribution in [1.82, 2.24) is 5.43 Å². The maximum atomic E-state index is 11.7. The fraction of sp³-hybridized carbons (Fsp3) is 0.0667. The Morgan fingerprint density at radius 2 is 2.04 bits per heavy atom. The van der Waals surface area contributed by atoms with Gasteiger partial charge in [-0.15, -0.1) is 0 Å². The van der Waals surface area contributed by atoms with Crippen LogP contribution in [0.4, 0.5) is 0 Å². The Morgan fingerprint density at radius 3 is 2.75 bits per heavy atom. The first-order valence-electron chi connectivity index (χ1n) is 6.44. The number of carbonyl (C=O) groups excluding carboxylic acids is 1. The van der Waals surface area contributed by atoms with Gasteiger partial charge in [-0.1, -0.05) is 39.1 Å². The van der Waals surface area contributed by atoms with E-state index < -0.39 is 5.91 Å². The highest BCUT2D eigenvalue weighted by Crippen LogP contribution is 2.30. The summed E-state index contributed by atoms with van der Waals surface area (Å²) < 4.78 is 6.53. The minimum Gasteiger partial charge on any atom is -0.506 e. The number of halogens is 4. The van der Waals surface area contributed by atoms with Crippen molar-refractivity contribution in [2.45, 2.75) is 0 Å². The normalized spacial score (nSPS) is 10.8. The Hall–Kier alpha value is -1.28. The molecule has 1 amide bonds. The fourth-order valence-corrected chi connectivity index (χ4v) is 3.35. The van der Waals surface area contributed by atoms with Crippen molar-refractivity contribution >= 4 is 67.2 Å². The number of nitrogens with zero attached hydrogens (tertiary/aromatic N) is 1. The van der Waals surface area contributed by atoms with Gasteiger partial charge < -0.3 is 9.84 Å². The van der Waals surface area contributed by atoms with Crippen LogP contribution >= 0.6 is 55.1 Å². The van der Waals surface area contributed by atoms with E-state index in [4.69, 9.17) is 27.9 Å². The van der Waals surface area contributed by atoms with Gasteiger partial charge in [0.25, 0.3) is 5.91 Å². The summed E-state index contributed by atoms with van der Waals surface area (Å²) in [6, 6.07) is 8.03. The number of phenolic OH excluding ortho intramolecular Hbond substituents is 1. The molecule has 0 aliphatic heterocycles. The summed E-state index contributed by atoms with van der Waals surface area (Å²) in [5, 5.41) is 14.4. The number of carbonyl (C=O) groups is 1. The molecule has 9 heteroatoms. The van der Waals surface area contributed by atoms with Crippen molar-refractivity contribution in [3.05, 3.63) is 54.9 Å². The van der Waals surface area contributed by atoms with E-state index in [0.717, 1.165) is 4.47 Å². The third-order valence-corrected chi connectivity index (χ3v) is 4.30. The van der Waals surface area contributed by atoms with Gasteiger partial charge in [0.1, 0.15) is 11.5 Å². The quantitative estimate of drug-likeness (QED) is 0.463. The largest absolute Gasteiger partial charge is 0.506 e. The molecule has 2 N–H and O–H groups in total. The van der Waals surface area contributed by atoms with Gasteiger partial charge >= 0.3 is 0 Å². The average Bonchev–Trinajstić information content (AvgIpc) is 2.51. The number of hydrogen-bond donors (Lipinski definition) is 2. The third-order valence-electron chi connectivity index (χ3n) is 2.70. The first kappa shape index (κ1) is 19.1. The summed E-state index contributed by atoms with van der Waals surface area (Å²) in [6.45, 7) is -0.271. The van der Waals surface area contributed by atoms with Crippen LogP contribution in [0.2, 0.25) is 10.0 Å². The smallest absolute Gasteiger partial charge is 0.277 e. The number of amides is 1. The number of phenols is 1. The van der Waals surface area contributed by atoms with Crippen molar-refractivity contribution in [3.8, 4) is 11.5 Å². The molecule has 24 heavy (non-hydrogen) atoms. The number of benzene rings is 2. The van der Waals surface area contributed by atoms with Crippen LogP contribution in [-0.4, -0.2) is 23.8 Å². The number of ether oxygens (including phenoxy) is 1. The number of rotatable bonds is 5. The molecule has 0 spiro atoms. The maximum Gasteiger partial charge on any atom is 0.277 e. The minimum absolute atomic E-state index is 0.0143. The van der Waals surface area contributed by atoms with Crippen LogP contribution < -0.4 is 10.2 Å². The Bertz CT molecular complexity index is 801. The van der Waals surface area contributed by atoms with E-state index in [9.17, 15) is 9.90 Å². The SMILES string of the molecule is O=C(COc1ccc(Cl)cc1Cl)N/N=C/c1cc(Br)cc(Br)c1O. The number of aromatic hydroxyl groups is 1. The van der Waals surface area contributed by atoms with Crippen molar-refractivity contribution < 1.29 is 14.6 Å². The molecule has 0 aliphatic rings. The van der Waals surface area contributed by atoms with Gasteiger partial charge in [-0.05, 0) is 46.3 Å². The lowest BCUT2D eigenvalue weighted by atomic mass is 10.2. The second kappa shape index (κ2) is 8.71. The molecule has 0 aromatic heterocycles. The zero-order chi connectivity index (χ0) is 17.7. The molecule has 0 fully saturated rings. The topological polar surface area (TPSA) is 70.9 Å². The Morgan fingerprint density at radius 1 is 1.29 bits per heavy atom. The third kappa shape index (κ3) is 5.37. The van der Waals surface area contributed by atoms with Crippen molar-refractivity contribution in [2.75, 3.05) is 6.61 Å². The van der Waals surface area contributed by atoms with Gasteiger partial charge in [0, 0.05) is 15.1 Å². The lowest BCUT2D eigenvalue weighted by Gasteiger charge is -2.07. The van der Waals surface area contributed by atoms with Gasteiger partial charge in [-0.2, -0.15) is 5.10 Å². The van der Waals surface area contributed by atoms with E-state index in [0.29, 0.717) is 25.8 Å². The molecular formula is C15H10Br2Cl2N2O3. The van der Waals surface area contributed by atoms with Gasteiger partial charge in [0.05, 0.1) is 15.7 Å². The summed E-state index contributed by atoms with van der Waals surface area (Å²) in [6.07, 6.45) is 1.32. The first-order chi connectivity index (χ1) is 11.4. The van der Waals surface area contributed by atoms with Crippen LogP contribution in [0.1, 0.15) is 5.56 Å². The highest BCUT2D eigenvalue weighted by Gasteiger charge is 2.07. The van der Waals surface area contributed by atoms with Crippen LogP contribution in [0.15, 0.2) is 44.4 Å². The summed E-state index contributed by atoms with van der Waals surface area (Å²) in [7, 11) is 0. The van der Waals surface area contributed by atoms with Gasteiger partial charge in [-0.25, -0.2) is 5.43 Å². The second-order valence-corrected chi connectivity index (χ2v) is 7.10. The van der Waals surface area contributed by atoms with Crippen LogP contribution in [0.5, 0.6) is 11.5 Å². The summed E-state index contributed by atoms with van der Waals surface area (Å²) in [5.41, 5.74) is 2.72. The standard InChI is InChI=1S/C15H10Br2Cl2N2O3/c16-9-3-8(15(23)11(17)4-9)6-20-21-14(22)7-24-13-2-1-10(18)5-12(13)19/h1-6,23H,7H2,(H,21,22)/b20-6+. The Balaban J connectivity index is 1.91. The second-order valence-electron chi connectivity index (χ2n) is 4.48. The van der Waals surface area contributed by atoms with Crippen molar-refractivity contribution in [3.63, 3.8) is 0 Å². The molecule has 0 saturated carbocycles. The molecule has 0 saturated heterocycles. The number of nitrogens with one attached hydrogen (secondary N) is 1. The van der Waals surface area contributed by atoms with Crippen LogP contribution in [0.25, 0.3) is 0 Å². The first-order valence-corrected chi connectivity index (χ1v) is 8.79. The lowest BCUT2D eigenvalue weighted by Crippen LogP contribution is -2.24. The van der Waals surface area contributed by atoms with Crippen molar-refractivity contribution in [2.24, 2.45) is 5.10 Å². The Kier molecular flexibility index (Phi) is 6.91. The number of hydrazone groups is 1. The van der Waals surface area contributed by atoms with E-state index in [1.54, 1.807) is 24.3 Å². The van der Waals surface area contributed by atoms with Crippen molar-refractivity contribution in [1.29, 1.82) is 0 Å². The molecule has 0 heterocycles. The molecule has 0 unspecified atom stereocenters. The Labute approximate surface area is 164 Å². The van der Waals surface area contributed by atoms with E-state index in [1.807, 2.05) is 0 Å². The van der Waals surface area contributed by atoms with Crippen LogP contribution in [0, 0.1) is 0 Å². The molecule has 0 aliphatic carbocycles. The summed E-state index contributed by atoms with van der Waals surface area (Å²) >= 11 is 18.2. The molecule has 2 aromatic carbocycles. The monoisotopic (exact) mass is 494 g/mol. The molecule has 0 radical (unpaired) electrons. The van der Waals surface area contributed by atoms with E-state index in [2.05, 4.69) is 42.4 Å². The molecule has 0 atom stereocenters. The molecule has 2 aromatic rings. The molecule has 0 bridgehead atoms. The molecule has 126 valence electrons. The van der Waals surface area contributed by atoms with Crippen LogP contribution in [-0.2, 0) is 4.79 Å². The molecular weight excluding hydrogens is 487 g/mol. The van der Waals surface area contributed by atoms with E-state index in [1.165, 1.54) is 12.3 Å². The zero-order valence-electron chi connectivity index (χ0n) is 11.9. The highest BCUT2D eigenvalue weighted by atomic mass is 79.9. The lowest BCUT2D eigenvalue weighted by molar-refractivity contribution is -0.123. The molecule has 2 rings (SSSR count). The van der Waals surface area contributed by atoms with Gasteiger partial charge in [-0.3, -0.25) is 4.79 Å². The van der Waals surface area contributed by atoms with E-state index in [-0.39, 0.29) is 12.4 Å². The average molecular weight is 497 g/mol. The predicted octanol–water partition coefficient (Wildman–Crippen LogP) is 4.75.